The highest BCUT2D eigenvalue weighted by atomic mass is 19.1. The minimum Gasteiger partial charge on any atom is -0.337 e. The molecule has 7 heteroatoms. The maximum Gasteiger partial charge on any atom is 0.224 e. The number of carbonyl (C=O) groups is 1. The minimum atomic E-state index is -0.317. The Kier molecular flexibility index (Phi) is 5.16. The maximum atomic E-state index is 13.7. The normalized spacial score (nSPS) is 16.7. The van der Waals surface area contributed by atoms with Crippen LogP contribution in [0, 0.1) is 11.6 Å². The molecular formula is C21H20F2N4O. The van der Waals surface area contributed by atoms with Gasteiger partial charge < -0.3 is 10.2 Å². The highest BCUT2D eigenvalue weighted by molar-refractivity contribution is 5.79. The zero-order valence-electron chi connectivity index (χ0n) is 15.2. The monoisotopic (exact) mass is 382 g/mol. The lowest BCUT2D eigenvalue weighted by Crippen LogP contribution is -2.32. The van der Waals surface area contributed by atoms with Crippen LogP contribution in [-0.2, 0) is 17.9 Å². The second-order valence-electron chi connectivity index (χ2n) is 6.91. The standard InChI is InChI=1S/C21H20F2N4O/c22-17-4-1-3-15(9-17)13-26-14-19(11-21(26)28)24-12-16-10-18(23)5-6-20(16)27-8-2-7-25-27/h1-10,19,24H,11-14H2/t19-/m0/s1. The average molecular weight is 382 g/mol. The van der Waals surface area contributed by atoms with E-state index in [0.717, 1.165) is 16.8 Å². The van der Waals surface area contributed by atoms with E-state index >= 15 is 0 Å². The molecular weight excluding hydrogens is 362 g/mol. The lowest BCUT2D eigenvalue weighted by molar-refractivity contribution is -0.128. The van der Waals surface area contributed by atoms with Crippen LogP contribution in [0.25, 0.3) is 5.69 Å². The minimum absolute atomic E-state index is 0.0216. The Labute approximate surface area is 161 Å². The van der Waals surface area contributed by atoms with Gasteiger partial charge in [-0.1, -0.05) is 12.1 Å². The molecule has 1 aromatic heterocycles. The Hall–Kier alpha value is -3.06. The third-order valence-corrected chi connectivity index (χ3v) is 4.85. The summed E-state index contributed by atoms with van der Waals surface area (Å²) in [4.78, 5) is 14.0. The van der Waals surface area contributed by atoms with Crippen molar-refractivity contribution in [2.75, 3.05) is 6.54 Å². The number of benzene rings is 2. The number of hydrogen-bond donors (Lipinski definition) is 1. The molecule has 144 valence electrons. The second kappa shape index (κ2) is 7.90. The van der Waals surface area contributed by atoms with Crippen molar-refractivity contribution in [2.45, 2.75) is 25.6 Å². The number of nitrogens with zero attached hydrogens (tertiary/aromatic N) is 3. The molecule has 4 rings (SSSR count). The van der Waals surface area contributed by atoms with Crippen LogP contribution < -0.4 is 5.32 Å². The van der Waals surface area contributed by atoms with Crippen molar-refractivity contribution >= 4 is 5.91 Å². The van der Waals surface area contributed by atoms with Crippen molar-refractivity contribution in [2.24, 2.45) is 0 Å². The molecule has 0 bridgehead atoms. The summed E-state index contributed by atoms with van der Waals surface area (Å²) in [5, 5.41) is 7.55. The Balaban J connectivity index is 1.41. The number of nitrogens with one attached hydrogen (secondary N) is 1. The zero-order valence-corrected chi connectivity index (χ0v) is 15.2. The van der Waals surface area contributed by atoms with Crippen LogP contribution >= 0.6 is 0 Å². The van der Waals surface area contributed by atoms with Gasteiger partial charge in [-0.05, 0) is 47.5 Å². The lowest BCUT2D eigenvalue weighted by atomic mass is 10.1. The van der Waals surface area contributed by atoms with Gasteiger partial charge in [-0.15, -0.1) is 0 Å². The molecule has 1 aliphatic rings. The molecule has 0 radical (unpaired) electrons. The van der Waals surface area contributed by atoms with Gasteiger partial charge in [0, 0.05) is 44.5 Å². The third-order valence-electron chi connectivity index (χ3n) is 4.85. The molecule has 2 heterocycles. The second-order valence-corrected chi connectivity index (χ2v) is 6.91. The predicted molar refractivity (Wildman–Crippen MR) is 101 cm³/mol. The topological polar surface area (TPSA) is 50.2 Å². The van der Waals surface area contributed by atoms with Crippen molar-refractivity contribution < 1.29 is 13.6 Å². The van der Waals surface area contributed by atoms with Crippen LogP contribution in [-0.4, -0.2) is 33.2 Å². The van der Waals surface area contributed by atoms with Gasteiger partial charge in [-0.2, -0.15) is 5.10 Å². The summed E-state index contributed by atoms with van der Waals surface area (Å²) in [5.41, 5.74) is 2.32. The Bertz CT molecular complexity index is 974. The molecule has 1 fully saturated rings. The molecule has 0 saturated carbocycles. The van der Waals surface area contributed by atoms with Crippen LogP contribution in [0.4, 0.5) is 8.78 Å². The van der Waals surface area contributed by atoms with Crippen LogP contribution in [0.3, 0.4) is 0 Å². The first-order chi connectivity index (χ1) is 13.6. The smallest absolute Gasteiger partial charge is 0.224 e. The molecule has 5 nitrogen and oxygen atoms in total. The fourth-order valence-corrected chi connectivity index (χ4v) is 3.50. The molecule has 1 saturated heterocycles. The van der Waals surface area contributed by atoms with Crippen molar-refractivity contribution in [1.29, 1.82) is 0 Å². The van der Waals surface area contributed by atoms with E-state index in [-0.39, 0.29) is 23.6 Å². The van der Waals surface area contributed by atoms with Crippen LogP contribution in [0.2, 0.25) is 0 Å². The summed E-state index contributed by atoms with van der Waals surface area (Å²) >= 11 is 0. The number of aromatic nitrogens is 2. The summed E-state index contributed by atoms with van der Waals surface area (Å²) in [6, 6.07) is 12.6. The van der Waals surface area contributed by atoms with Crippen molar-refractivity contribution in [3.8, 4) is 5.69 Å². The van der Waals surface area contributed by atoms with E-state index in [1.165, 1.54) is 24.3 Å². The predicted octanol–water partition coefficient (Wildman–Crippen LogP) is 3.04. The van der Waals surface area contributed by atoms with Gasteiger partial charge >= 0.3 is 0 Å². The molecule has 1 atom stereocenters. The van der Waals surface area contributed by atoms with Gasteiger partial charge in [-0.3, -0.25) is 4.79 Å². The molecule has 0 unspecified atom stereocenters. The van der Waals surface area contributed by atoms with E-state index in [4.69, 9.17) is 0 Å². The fraction of sp³-hybridized carbons (Fsp3) is 0.238. The lowest BCUT2D eigenvalue weighted by Gasteiger charge is -2.18. The summed E-state index contributed by atoms with van der Waals surface area (Å²) in [6.07, 6.45) is 3.83. The summed E-state index contributed by atoms with van der Waals surface area (Å²) in [6.45, 7) is 1.33. The first-order valence-electron chi connectivity index (χ1n) is 9.12. The fourth-order valence-electron chi connectivity index (χ4n) is 3.50. The van der Waals surface area contributed by atoms with Crippen LogP contribution in [0.1, 0.15) is 17.5 Å². The van der Waals surface area contributed by atoms with E-state index in [2.05, 4.69) is 10.4 Å². The Morgan fingerprint density at radius 1 is 1.11 bits per heavy atom. The van der Waals surface area contributed by atoms with Crippen molar-refractivity contribution in [3.63, 3.8) is 0 Å². The Morgan fingerprint density at radius 2 is 1.96 bits per heavy atom. The molecule has 1 N–H and O–H groups in total. The van der Waals surface area contributed by atoms with Gasteiger partial charge in [0.15, 0.2) is 0 Å². The number of hydrogen-bond acceptors (Lipinski definition) is 3. The van der Waals surface area contributed by atoms with E-state index in [1.807, 2.05) is 0 Å². The summed E-state index contributed by atoms with van der Waals surface area (Å²) < 4.78 is 28.8. The Morgan fingerprint density at radius 3 is 2.75 bits per heavy atom. The molecule has 0 spiro atoms. The largest absolute Gasteiger partial charge is 0.337 e. The molecule has 28 heavy (non-hydrogen) atoms. The zero-order chi connectivity index (χ0) is 19.5. The number of likely N-dealkylation sites (tertiary alicyclic amines) is 1. The SMILES string of the molecule is O=C1C[C@H](NCc2cc(F)ccc2-n2cccn2)CN1Cc1cccc(F)c1. The average Bonchev–Trinajstić information content (AvgIpc) is 3.31. The van der Waals surface area contributed by atoms with Gasteiger partial charge in [-0.25, -0.2) is 13.5 Å². The summed E-state index contributed by atoms with van der Waals surface area (Å²) in [7, 11) is 0. The summed E-state index contributed by atoms with van der Waals surface area (Å²) in [5.74, 6) is -0.604. The highest BCUT2D eigenvalue weighted by Crippen LogP contribution is 2.19. The highest BCUT2D eigenvalue weighted by Gasteiger charge is 2.29. The number of carbonyl (C=O) groups excluding carboxylic acids is 1. The molecule has 1 amide bonds. The van der Waals surface area contributed by atoms with E-state index in [0.29, 0.717) is 26.1 Å². The first-order valence-corrected chi connectivity index (χ1v) is 9.12. The van der Waals surface area contributed by atoms with Gasteiger partial charge in [0.2, 0.25) is 5.91 Å². The molecule has 2 aromatic carbocycles. The van der Waals surface area contributed by atoms with Crippen LogP contribution in [0.5, 0.6) is 0 Å². The molecule has 3 aromatic rings. The molecule has 1 aliphatic heterocycles. The van der Waals surface area contributed by atoms with Gasteiger partial charge in [0.1, 0.15) is 11.6 Å². The number of halogens is 2. The third kappa shape index (κ3) is 4.09. The van der Waals surface area contributed by atoms with E-state index in [1.54, 1.807) is 46.2 Å². The number of rotatable bonds is 6. The van der Waals surface area contributed by atoms with Gasteiger partial charge in [0.05, 0.1) is 5.69 Å². The molecule has 0 aliphatic carbocycles. The van der Waals surface area contributed by atoms with Gasteiger partial charge in [0.25, 0.3) is 0 Å². The van der Waals surface area contributed by atoms with E-state index < -0.39 is 0 Å². The maximum absolute atomic E-state index is 13.7. The van der Waals surface area contributed by atoms with Crippen molar-refractivity contribution in [3.05, 3.63) is 83.7 Å². The first kappa shape index (κ1) is 18.3. The van der Waals surface area contributed by atoms with Crippen LogP contribution in [0.15, 0.2) is 60.9 Å². The quantitative estimate of drug-likeness (QED) is 0.713. The van der Waals surface area contributed by atoms with Crippen molar-refractivity contribution in [1.82, 2.24) is 20.0 Å². The number of amides is 1. The van der Waals surface area contributed by atoms with E-state index in [9.17, 15) is 13.6 Å².